The molecule has 0 N–H and O–H groups in total. The number of aromatic nitrogens is 7. The van der Waals surface area contributed by atoms with Crippen molar-refractivity contribution in [1.29, 1.82) is 0 Å². The van der Waals surface area contributed by atoms with E-state index in [-0.39, 0.29) is 0 Å². The molecule has 5 aromatic heterocycles. The van der Waals surface area contributed by atoms with Crippen LogP contribution in [0.25, 0.3) is 113 Å². The van der Waals surface area contributed by atoms with Crippen LogP contribution < -0.4 is 0 Å². The van der Waals surface area contributed by atoms with Crippen molar-refractivity contribution in [2.75, 3.05) is 0 Å². The van der Waals surface area contributed by atoms with E-state index < -0.39 is 0 Å². The summed E-state index contributed by atoms with van der Waals surface area (Å²) in [4.78, 5) is 34.7. The van der Waals surface area contributed by atoms with Gasteiger partial charge in [0.15, 0.2) is 11.6 Å². The lowest BCUT2D eigenvalue weighted by atomic mass is 9.99. The van der Waals surface area contributed by atoms with E-state index in [1.54, 1.807) is 6.20 Å². The number of pyridine rings is 3. The molecule has 0 radical (unpaired) electrons. The van der Waals surface area contributed by atoms with Crippen molar-refractivity contribution in [2.24, 2.45) is 0 Å². The zero-order chi connectivity index (χ0) is 44.1. The topological polar surface area (TPSA) is 90.2 Å². The molecular weight excluding hydrogens is 807 g/mol. The fourth-order valence-electron chi connectivity index (χ4n) is 7.99. The summed E-state index contributed by atoms with van der Waals surface area (Å²) in [6, 6.07) is 76.0. The summed E-state index contributed by atoms with van der Waals surface area (Å²) in [6.45, 7) is 0. The molecule has 7 nitrogen and oxygen atoms in total. The molecule has 0 bridgehead atoms. The molecule has 11 rings (SSSR count). The fourth-order valence-corrected chi connectivity index (χ4v) is 7.99. The summed E-state index contributed by atoms with van der Waals surface area (Å²) < 4.78 is 0. The van der Waals surface area contributed by atoms with Crippen LogP contribution in [0.2, 0.25) is 0 Å². The fraction of sp³-hybridized carbons (Fsp3) is 0. The van der Waals surface area contributed by atoms with Crippen molar-refractivity contribution in [3.63, 3.8) is 0 Å². The molecule has 11 aromatic rings. The van der Waals surface area contributed by atoms with Gasteiger partial charge in [0.1, 0.15) is 0 Å². The Labute approximate surface area is 383 Å². The highest BCUT2D eigenvalue weighted by Gasteiger charge is 2.15. The highest BCUT2D eigenvalue weighted by Crippen LogP contribution is 2.34. The van der Waals surface area contributed by atoms with E-state index in [0.29, 0.717) is 11.6 Å². The lowest BCUT2D eigenvalue weighted by Crippen LogP contribution is -1.96. The minimum Gasteiger partial charge on any atom is -0.255 e. The predicted molar refractivity (Wildman–Crippen MR) is 265 cm³/mol. The molecule has 6 aromatic carbocycles. The van der Waals surface area contributed by atoms with E-state index in [0.717, 1.165) is 101 Å². The van der Waals surface area contributed by atoms with Gasteiger partial charge in [-0.25, -0.2) is 24.9 Å². The third-order valence-electron chi connectivity index (χ3n) is 11.5. The largest absolute Gasteiger partial charge is 0.255 e. The number of benzene rings is 6. The lowest BCUT2D eigenvalue weighted by Gasteiger charge is -2.12. The number of hydrogen-bond acceptors (Lipinski definition) is 7. The molecule has 0 amide bonds. The molecule has 0 spiro atoms. The normalized spacial score (nSPS) is 11.0. The van der Waals surface area contributed by atoms with Crippen LogP contribution in [0, 0.1) is 0 Å². The smallest absolute Gasteiger partial charge is 0.160 e. The van der Waals surface area contributed by atoms with Crippen LogP contribution in [0.5, 0.6) is 0 Å². The number of rotatable bonds is 10. The van der Waals surface area contributed by atoms with Crippen LogP contribution in [0.1, 0.15) is 0 Å². The first-order chi connectivity index (χ1) is 32.7. The van der Waals surface area contributed by atoms with E-state index in [2.05, 4.69) is 108 Å². The molecule has 66 heavy (non-hydrogen) atoms. The average molecular weight is 846 g/mol. The van der Waals surface area contributed by atoms with Gasteiger partial charge in [-0.2, -0.15) is 0 Å². The Morgan fingerprint density at radius 3 is 0.970 bits per heavy atom. The summed E-state index contributed by atoms with van der Waals surface area (Å²) >= 11 is 0. The van der Waals surface area contributed by atoms with Crippen LogP contribution >= 0.6 is 0 Å². The van der Waals surface area contributed by atoms with Gasteiger partial charge in [0.25, 0.3) is 0 Å². The van der Waals surface area contributed by atoms with Gasteiger partial charge in [-0.1, -0.05) is 182 Å². The van der Waals surface area contributed by atoms with Gasteiger partial charge in [-0.15, -0.1) is 0 Å². The summed E-state index contributed by atoms with van der Waals surface area (Å²) in [5, 5.41) is 0. The Morgan fingerprint density at radius 2 is 0.561 bits per heavy atom. The maximum Gasteiger partial charge on any atom is 0.160 e. The standard InChI is InChI=1S/C59H39N7/c1-5-15-42(16-6-1)52-37-54(65-58(63-52)46-19-9-3-10-20-46)44-28-24-40(25-29-44)48-32-33-51(61-39-48)57-36-49(35-56(62-57)50-23-13-14-34-60-50)41-26-30-45(31-27-41)55-38-53(43-17-7-2-8-18-43)64-59(66-55)47-21-11-4-12-22-47/h1-39H. The quantitative estimate of drug-likeness (QED) is 0.135. The Balaban J connectivity index is 0.899. The second kappa shape index (κ2) is 18.0. The van der Waals surface area contributed by atoms with Crippen LogP contribution in [-0.4, -0.2) is 34.9 Å². The average Bonchev–Trinajstić information content (AvgIpc) is 3.42. The minimum atomic E-state index is 0.683. The van der Waals surface area contributed by atoms with E-state index in [1.165, 1.54) is 0 Å². The maximum atomic E-state index is 5.09. The Morgan fingerprint density at radius 1 is 0.197 bits per heavy atom. The van der Waals surface area contributed by atoms with E-state index >= 15 is 0 Å². The molecule has 5 heterocycles. The van der Waals surface area contributed by atoms with E-state index in [9.17, 15) is 0 Å². The summed E-state index contributed by atoms with van der Waals surface area (Å²) in [6.07, 6.45) is 3.70. The van der Waals surface area contributed by atoms with Crippen LogP contribution in [0.3, 0.4) is 0 Å². The molecule has 0 aliphatic carbocycles. The van der Waals surface area contributed by atoms with Gasteiger partial charge in [0.2, 0.25) is 0 Å². The SMILES string of the molecule is c1ccc(-c2cc(-c3ccc(-c4ccc(-c5cc(-c6ccc(-c7cc(-c8ccccc8)nc(-c8ccccc8)n7)cc6)cc(-c6ccccn6)n5)nc4)cc3)nc(-c3ccccc3)n2)cc1. The molecule has 0 atom stereocenters. The minimum absolute atomic E-state index is 0.683. The monoisotopic (exact) mass is 845 g/mol. The second-order valence-electron chi connectivity index (χ2n) is 15.8. The van der Waals surface area contributed by atoms with Crippen LogP contribution in [0.15, 0.2) is 237 Å². The zero-order valence-electron chi connectivity index (χ0n) is 35.6. The van der Waals surface area contributed by atoms with E-state index in [4.69, 9.17) is 29.9 Å². The molecule has 310 valence electrons. The van der Waals surface area contributed by atoms with Crippen molar-refractivity contribution >= 4 is 0 Å². The second-order valence-corrected chi connectivity index (χ2v) is 15.8. The number of hydrogen-bond donors (Lipinski definition) is 0. The molecule has 0 saturated carbocycles. The molecule has 0 unspecified atom stereocenters. The Kier molecular flexibility index (Phi) is 10.8. The van der Waals surface area contributed by atoms with Crippen molar-refractivity contribution in [1.82, 2.24) is 34.9 Å². The van der Waals surface area contributed by atoms with Gasteiger partial charge < -0.3 is 0 Å². The van der Waals surface area contributed by atoms with Gasteiger partial charge in [0.05, 0.1) is 45.6 Å². The van der Waals surface area contributed by atoms with Crippen molar-refractivity contribution < 1.29 is 0 Å². The van der Waals surface area contributed by atoms with Crippen molar-refractivity contribution in [3.05, 3.63) is 237 Å². The summed E-state index contributed by atoms with van der Waals surface area (Å²) in [5.74, 6) is 1.37. The van der Waals surface area contributed by atoms with Gasteiger partial charge in [0, 0.05) is 51.3 Å². The van der Waals surface area contributed by atoms with Crippen LogP contribution in [-0.2, 0) is 0 Å². The van der Waals surface area contributed by atoms with Crippen molar-refractivity contribution in [3.8, 4) is 113 Å². The Bertz CT molecular complexity index is 3290. The first-order valence-corrected chi connectivity index (χ1v) is 21.8. The molecule has 7 heteroatoms. The van der Waals surface area contributed by atoms with E-state index in [1.807, 2.05) is 128 Å². The van der Waals surface area contributed by atoms with Crippen molar-refractivity contribution in [2.45, 2.75) is 0 Å². The predicted octanol–water partition coefficient (Wildman–Crippen LogP) is 14.1. The summed E-state index contributed by atoms with van der Waals surface area (Å²) in [7, 11) is 0. The highest BCUT2D eigenvalue weighted by atomic mass is 14.9. The highest BCUT2D eigenvalue weighted by molar-refractivity contribution is 5.79. The maximum absolute atomic E-state index is 5.09. The molecule has 0 aliphatic rings. The van der Waals surface area contributed by atoms with Gasteiger partial charge in [-0.05, 0) is 59.2 Å². The molecule has 0 aliphatic heterocycles. The molecule has 0 saturated heterocycles. The first kappa shape index (κ1) is 39.8. The number of nitrogens with zero attached hydrogens (tertiary/aromatic N) is 7. The Hall–Kier alpha value is -9.07. The lowest BCUT2D eigenvalue weighted by molar-refractivity contribution is 1.18. The van der Waals surface area contributed by atoms with Gasteiger partial charge >= 0.3 is 0 Å². The molecule has 0 fully saturated rings. The van der Waals surface area contributed by atoms with Crippen LogP contribution in [0.4, 0.5) is 0 Å². The third-order valence-corrected chi connectivity index (χ3v) is 11.5. The van der Waals surface area contributed by atoms with Gasteiger partial charge in [-0.3, -0.25) is 9.97 Å². The molecular formula is C59H39N7. The first-order valence-electron chi connectivity index (χ1n) is 21.8. The summed E-state index contributed by atoms with van der Waals surface area (Å²) in [5.41, 5.74) is 16.6. The third kappa shape index (κ3) is 8.52. The zero-order valence-corrected chi connectivity index (χ0v) is 35.6.